The van der Waals surface area contributed by atoms with Crippen LogP contribution in [-0.4, -0.2) is 36.4 Å². The van der Waals surface area contributed by atoms with E-state index in [9.17, 15) is 4.79 Å². The molecule has 2 aromatic heterocycles. The maximum absolute atomic E-state index is 12.0. The second-order valence-electron chi connectivity index (χ2n) is 4.63. The number of aromatic nitrogens is 5. The second-order valence-corrected chi connectivity index (χ2v) is 5.61. The van der Waals surface area contributed by atoms with Gasteiger partial charge in [-0.3, -0.25) is 4.79 Å². The van der Waals surface area contributed by atoms with Gasteiger partial charge in [0.05, 0.1) is 5.75 Å². The largest absolute Gasteiger partial charge is 0.310 e. The second kappa shape index (κ2) is 7.50. The van der Waals surface area contributed by atoms with Gasteiger partial charge >= 0.3 is 0 Å². The summed E-state index contributed by atoms with van der Waals surface area (Å²) in [6.07, 6.45) is 4.33. The molecule has 0 radical (unpaired) electrons. The number of nitrogens with one attached hydrogen (secondary N) is 1. The van der Waals surface area contributed by atoms with Crippen LogP contribution in [0.4, 0.5) is 5.82 Å². The van der Waals surface area contributed by atoms with E-state index in [2.05, 4.69) is 25.4 Å². The van der Waals surface area contributed by atoms with Crippen molar-refractivity contribution in [1.29, 1.82) is 0 Å². The molecule has 0 atom stereocenters. The molecule has 0 aliphatic heterocycles. The Morgan fingerprint density at radius 2 is 2.04 bits per heavy atom. The fourth-order valence-electron chi connectivity index (χ4n) is 1.88. The number of thioether (sulfide) groups is 1. The summed E-state index contributed by atoms with van der Waals surface area (Å²) in [6, 6.07) is 11.7. The number of amides is 1. The van der Waals surface area contributed by atoms with E-state index in [1.807, 2.05) is 30.3 Å². The Kier molecular flexibility index (Phi) is 4.95. The summed E-state index contributed by atoms with van der Waals surface area (Å²) < 4.78 is 1.50. The molecular weight excluding hydrogens is 312 g/mol. The zero-order valence-electron chi connectivity index (χ0n) is 12.2. The van der Waals surface area contributed by atoms with E-state index in [1.165, 1.54) is 29.2 Å². The van der Waals surface area contributed by atoms with Gasteiger partial charge in [0, 0.05) is 11.8 Å². The molecule has 116 valence electrons. The van der Waals surface area contributed by atoms with Crippen molar-refractivity contribution in [1.82, 2.24) is 24.7 Å². The summed E-state index contributed by atoms with van der Waals surface area (Å²) in [5, 5.41) is 6.75. The van der Waals surface area contributed by atoms with Crippen LogP contribution in [0.3, 0.4) is 0 Å². The lowest BCUT2D eigenvalue weighted by Gasteiger charge is -2.06. The zero-order valence-corrected chi connectivity index (χ0v) is 13.0. The molecule has 3 rings (SSSR count). The van der Waals surface area contributed by atoms with Crippen LogP contribution in [0.25, 0.3) is 5.82 Å². The van der Waals surface area contributed by atoms with Gasteiger partial charge in [-0.2, -0.15) is 5.10 Å². The topological polar surface area (TPSA) is 85.6 Å². The molecule has 0 spiro atoms. The quantitative estimate of drug-likeness (QED) is 0.745. The first-order valence-corrected chi connectivity index (χ1v) is 8.05. The van der Waals surface area contributed by atoms with Crippen LogP contribution in [0.1, 0.15) is 5.56 Å². The number of nitrogens with zero attached hydrogens (tertiary/aromatic N) is 5. The highest BCUT2D eigenvalue weighted by Crippen LogP contribution is 2.13. The average molecular weight is 326 g/mol. The molecule has 8 heteroatoms. The summed E-state index contributed by atoms with van der Waals surface area (Å²) >= 11 is 1.55. The average Bonchev–Trinajstić information content (AvgIpc) is 3.11. The molecule has 3 aromatic rings. The minimum atomic E-state index is -0.103. The summed E-state index contributed by atoms with van der Waals surface area (Å²) in [7, 11) is 0. The minimum absolute atomic E-state index is 0.103. The van der Waals surface area contributed by atoms with Gasteiger partial charge in [-0.25, -0.2) is 19.6 Å². The fraction of sp³-hybridized carbons (Fsp3) is 0.133. The Balaban J connectivity index is 1.53. The third-order valence-electron chi connectivity index (χ3n) is 2.92. The maximum Gasteiger partial charge on any atom is 0.235 e. The van der Waals surface area contributed by atoms with Gasteiger partial charge in [0.1, 0.15) is 24.8 Å². The van der Waals surface area contributed by atoms with E-state index in [0.29, 0.717) is 17.4 Å². The van der Waals surface area contributed by atoms with Crippen LogP contribution < -0.4 is 5.32 Å². The first-order valence-electron chi connectivity index (χ1n) is 6.90. The molecule has 1 aromatic carbocycles. The number of carbonyl (C=O) groups is 1. The number of anilines is 1. The SMILES string of the molecule is O=C(CSCc1ccccc1)Nc1cc(-n2cncn2)ncn1. The molecular formula is C15H14N6OS. The highest BCUT2D eigenvalue weighted by atomic mass is 32.2. The van der Waals surface area contributed by atoms with Gasteiger partial charge in [-0.05, 0) is 5.56 Å². The lowest BCUT2D eigenvalue weighted by atomic mass is 10.2. The van der Waals surface area contributed by atoms with Crippen molar-refractivity contribution in [2.75, 3.05) is 11.1 Å². The van der Waals surface area contributed by atoms with Crippen molar-refractivity contribution in [2.24, 2.45) is 0 Å². The Bertz CT molecular complexity index is 763. The Labute approximate surface area is 137 Å². The maximum atomic E-state index is 12.0. The van der Waals surface area contributed by atoms with E-state index in [1.54, 1.807) is 17.8 Å². The van der Waals surface area contributed by atoms with Gasteiger partial charge in [-0.1, -0.05) is 30.3 Å². The first-order chi connectivity index (χ1) is 11.3. The molecule has 0 bridgehead atoms. The van der Waals surface area contributed by atoms with Crippen LogP contribution in [0.15, 0.2) is 55.4 Å². The molecule has 0 unspecified atom stereocenters. The third-order valence-corrected chi connectivity index (χ3v) is 3.92. The van der Waals surface area contributed by atoms with Crippen molar-refractivity contribution >= 4 is 23.5 Å². The summed E-state index contributed by atoms with van der Waals surface area (Å²) in [6.45, 7) is 0. The Morgan fingerprint density at radius 1 is 1.17 bits per heavy atom. The third kappa shape index (κ3) is 4.36. The van der Waals surface area contributed by atoms with Crippen LogP contribution >= 0.6 is 11.8 Å². The minimum Gasteiger partial charge on any atom is -0.310 e. The molecule has 7 nitrogen and oxygen atoms in total. The van der Waals surface area contributed by atoms with Gasteiger partial charge in [0.25, 0.3) is 0 Å². The molecule has 0 saturated carbocycles. The van der Waals surface area contributed by atoms with Crippen molar-refractivity contribution < 1.29 is 4.79 Å². The van der Waals surface area contributed by atoms with Crippen LogP contribution in [0.5, 0.6) is 0 Å². The molecule has 23 heavy (non-hydrogen) atoms. The number of hydrogen-bond acceptors (Lipinski definition) is 6. The number of hydrogen-bond donors (Lipinski definition) is 1. The smallest absolute Gasteiger partial charge is 0.235 e. The molecule has 0 fully saturated rings. The molecule has 2 heterocycles. The van der Waals surface area contributed by atoms with E-state index < -0.39 is 0 Å². The number of carbonyl (C=O) groups excluding carboxylic acids is 1. The van der Waals surface area contributed by atoms with Gasteiger partial charge in [0.15, 0.2) is 5.82 Å². The zero-order chi connectivity index (χ0) is 15.9. The predicted octanol–water partition coefficient (Wildman–Crippen LogP) is 1.93. The van der Waals surface area contributed by atoms with E-state index in [-0.39, 0.29) is 5.91 Å². The van der Waals surface area contributed by atoms with E-state index >= 15 is 0 Å². The monoisotopic (exact) mass is 326 g/mol. The molecule has 0 aliphatic rings. The molecule has 0 saturated heterocycles. The summed E-state index contributed by atoms with van der Waals surface area (Å²) in [5.74, 6) is 2.04. The first kappa shape index (κ1) is 15.2. The van der Waals surface area contributed by atoms with Gasteiger partial charge in [-0.15, -0.1) is 11.8 Å². The fourth-order valence-corrected chi connectivity index (χ4v) is 2.67. The predicted molar refractivity (Wildman–Crippen MR) is 88.2 cm³/mol. The summed E-state index contributed by atoms with van der Waals surface area (Å²) in [5.41, 5.74) is 1.20. The Hall–Kier alpha value is -2.74. The molecule has 1 N–H and O–H groups in total. The van der Waals surface area contributed by atoms with Gasteiger partial charge < -0.3 is 5.32 Å². The number of rotatable bonds is 6. The molecule has 0 aliphatic carbocycles. The lowest BCUT2D eigenvalue weighted by Crippen LogP contribution is -2.15. The van der Waals surface area contributed by atoms with Gasteiger partial charge in [0.2, 0.25) is 5.91 Å². The van der Waals surface area contributed by atoms with E-state index in [0.717, 1.165) is 5.75 Å². The number of benzene rings is 1. The summed E-state index contributed by atoms with van der Waals surface area (Å²) in [4.78, 5) is 24.0. The standard InChI is InChI=1S/C15H14N6OS/c22-15(8-23-7-12-4-2-1-3-5-12)20-13-6-14(18-10-17-13)21-11-16-9-19-21/h1-6,9-11H,7-8H2,(H,17,18,20,22). The normalized spacial score (nSPS) is 10.4. The van der Waals surface area contributed by atoms with Crippen LogP contribution in [0, 0.1) is 0 Å². The Morgan fingerprint density at radius 3 is 2.83 bits per heavy atom. The highest BCUT2D eigenvalue weighted by molar-refractivity contribution is 7.99. The molecule has 1 amide bonds. The highest BCUT2D eigenvalue weighted by Gasteiger charge is 2.06. The van der Waals surface area contributed by atoms with Crippen LogP contribution in [0.2, 0.25) is 0 Å². The van der Waals surface area contributed by atoms with E-state index in [4.69, 9.17) is 0 Å². The van der Waals surface area contributed by atoms with Crippen molar-refractivity contribution in [2.45, 2.75) is 5.75 Å². The van der Waals surface area contributed by atoms with Crippen molar-refractivity contribution in [3.8, 4) is 5.82 Å². The van der Waals surface area contributed by atoms with Crippen LogP contribution in [-0.2, 0) is 10.5 Å². The lowest BCUT2D eigenvalue weighted by molar-refractivity contribution is -0.113. The van der Waals surface area contributed by atoms with Crippen molar-refractivity contribution in [3.05, 3.63) is 60.9 Å². The van der Waals surface area contributed by atoms with Crippen molar-refractivity contribution in [3.63, 3.8) is 0 Å².